The lowest BCUT2D eigenvalue weighted by Crippen LogP contribution is -2.25. The summed E-state index contributed by atoms with van der Waals surface area (Å²) in [5.74, 6) is -2.35. The molecule has 0 spiro atoms. The fourth-order valence-corrected chi connectivity index (χ4v) is 3.81. The van der Waals surface area contributed by atoms with Crippen molar-refractivity contribution in [2.24, 2.45) is 0 Å². The molecule has 0 saturated heterocycles. The van der Waals surface area contributed by atoms with Gasteiger partial charge >= 0.3 is 5.97 Å². The van der Waals surface area contributed by atoms with Gasteiger partial charge in [0, 0.05) is 17.4 Å². The number of carbonyl (C=O) groups is 1. The van der Waals surface area contributed by atoms with E-state index in [9.17, 15) is 9.90 Å². The van der Waals surface area contributed by atoms with Gasteiger partial charge < -0.3 is 9.84 Å². The highest BCUT2D eigenvalue weighted by Crippen LogP contribution is 2.46. The van der Waals surface area contributed by atoms with Crippen molar-refractivity contribution in [3.8, 4) is 0 Å². The molecule has 2 heterocycles. The van der Waals surface area contributed by atoms with Crippen LogP contribution in [0.5, 0.6) is 0 Å². The van der Waals surface area contributed by atoms with Gasteiger partial charge in [-0.05, 0) is 23.6 Å². The minimum Gasteiger partial charge on any atom is -0.425 e. The second-order valence-electron chi connectivity index (χ2n) is 4.70. The number of hydrogen-bond acceptors (Lipinski definition) is 4. The van der Waals surface area contributed by atoms with E-state index < -0.39 is 11.8 Å². The molecule has 0 aliphatic carbocycles. The zero-order valence-electron chi connectivity index (χ0n) is 10.9. The molecule has 2 aromatic rings. The molecule has 1 aliphatic rings. The average molecular weight is 341 g/mol. The normalized spacial score (nSPS) is 21.8. The van der Waals surface area contributed by atoms with Crippen LogP contribution in [0.15, 0.2) is 35.7 Å². The van der Waals surface area contributed by atoms with Gasteiger partial charge in [0.05, 0.1) is 21.2 Å². The van der Waals surface area contributed by atoms with Gasteiger partial charge in [0.25, 0.3) is 0 Å². The van der Waals surface area contributed by atoms with Gasteiger partial charge in [-0.3, -0.25) is 0 Å². The molecule has 6 heteroatoms. The van der Waals surface area contributed by atoms with E-state index in [4.69, 9.17) is 27.9 Å². The third-order valence-electron chi connectivity index (χ3n) is 3.19. The lowest BCUT2D eigenvalue weighted by atomic mass is 9.96. The number of carbonyl (C=O) groups excluding carboxylic acids is 1. The van der Waals surface area contributed by atoms with Crippen molar-refractivity contribution in [3.05, 3.63) is 56.2 Å². The molecule has 1 aromatic heterocycles. The van der Waals surface area contributed by atoms with E-state index in [1.54, 1.807) is 24.3 Å². The zero-order valence-corrected chi connectivity index (χ0v) is 13.2. The second kappa shape index (κ2) is 5.14. The largest absolute Gasteiger partial charge is 0.425 e. The maximum Gasteiger partial charge on any atom is 0.342 e. The van der Waals surface area contributed by atoms with E-state index in [-0.39, 0.29) is 5.57 Å². The van der Waals surface area contributed by atoms with Crippen LogP contribution < -0.4 is 0 Å². The Morgan fingerprint density at radius 3 is 2.43 bits per heavy atom. The number of benzene rings is 1. The number of ether oxygens (including phenoxy) is 1. The van der Waals surface area contributed by atoms with Crippen LogP contribution in [-0.4, -0.2) is 16.9 Å². The molecule has 1 atom stereocenters. The maximum absolute atomic E-state index is 12.2. The van der Waals surface area contributed by atoms with Crippen molar-refractivity contribution in [2.75, 3.05) is 0 Å². The van der Waals surface area contributed by atoms with E-state index in [0.717, 1.165) is 4.88 Å². The highest BCUT2D eigenvalue weighted by atomic mass is 35.5. The highest BCUT2D eigenvalue weighted by molar-refractivity contribution is 7.11. The van der Waals surface area contributed by atoms with Crippen molar-refractivity contribution in [1.29, 1.82) is 0 Å². The van der Waals surface area contributed by atoms with E-state index >= 15 is 0 Å². The molecule has 1 aromatic carbocycles. The topological polar surface area (TPSA) is 46.5 Å². The molecule has 1 unspecified atom stereocenters. The first-order valence-corrected chi connectivity index (χ1v) is 7.74. The molecule has 1 aliphatic heterocycles. The van der Waals surface area contributed by atoms with E-state index in [0.29, 0.717) is 21.2 Å². The van der Waals surface area contributed by atoms with Crippen LogP contribution in [0.1, 0.15) is 17.4 Å². The number of halogens is 2. The summed E-state index contributed by atoms with van der Waals surface area (Å²) >= 11 is 13.8. The Balaban J connectivity index is 2.35. The number of cyclic esters (lactones) is 1. The van der Waals surface area contributed by atoms with E-state index in [2.05, 4.69) is 0 Å². The average Bonchev–Trinajstić information content (AvgIpc) is 2.96. The Morgan fingerprint density at radius 2 is 1.86 bits per heavy atom. The lowest BCUT2D eigenvalue weighted by molar-refractivity contribution is -0.169. The summed E-state index contributed by atoms with van der Waals surface area (Å²) in [6.45, 7) is 1.43. The minimum absolute atomic E-state index is 0.207. The van der Waals surface area contributed by atoms with Crippen LogP contribution in [0, 0.1) is 0 Å². The van der Waals surface area contributed by atoms with Gasteiger partial charge in [0.15, 0.2) is 0 Å². The summed E-state index contributed by atoms with van der Waals surface area (Å²) < 4.78 is 5.09. The Bertz CT molecular complexity index is 728. The molecule has 0 saturated carbocycles. The zero-order chi connectivity index (χ0) is 15.2. The van der Waals surface area contributed by atoms with Crippen LogP contribution in [0.25, 0.3) is 11.1 Å². The molecule has 1 N–H and O–H groups in total. The SMILES string of the molecule is CC1(O)OC(=O)C(c2c(Cl)cccc2Cl)=C1c1cccs1. The van der Waals surface area contributed by atoms with Crippen LogP contribution in [0.3, 0.4) is 0 Å². The van der Waals surface area contributed by atoms with Gasteiger partial charge in [-0.1, -0.05) is 35.3 Å². The molecule has 3 rings (SSSR count). The van der Waals surface area contributed by atoms with Crippen molar-refractivity contribution < 1.29 is 14.6 Å². The third-order valence-corrected chi connectivity index (χ3v) is 4.71. The van der Waals surface area contributed by atoms with Crippen molar-refractivity contribution in [3.63, 3.8) is 0 Å². The van der Waals surface area contributed by atoms with Crippen molar-refractivity contribution in [2.45, 2.75) is 12.7 Å². The number of aliphatic hydroxyl groups is 1. The van der Waals surface area contributed by atoms with E-state index in [1.165, 1.54) is 18.3 Å². The molecule has 0 bridgehead atoms. The van der Waals surface area contributed by atoms with Gasteiger partial charge in [0.1, 0.15) is 0 Å². The van der Waals surface area contributed by atoms with Gasteiger partial charge in [-0.2, -0.15) is 0 Å². The standard InChI is InChI=1S/C15H10Cl2O3S/c1-15(19)13(10-6-3-7-21-10)12(14(18)20-15)11-8(16)4-2-5-9(11)17/h2-7,19H,1H3. The smallest absolute Gasteiger partial charge is 0.342 e. The monoisotopic (exact) mass is 340 g/mol. The number of thiophene rings is 1. The Morgan fingerprint density at radius 1 is 1.19 bits per heavy atom. The predicted octanol–water partition coefficient (Wildman–Crippen LogP) is 4.23. The van der Waals surface area contributed by atoms with Crippen LogP contribution in [-0.2, 0) is 9.53 Å². The molecule has 21 heavy (non-hydrogen) atoms. The fourth-order valence-electron chi connectivity index (χ4n) is 2.35. The highest BCUT2D eigenvalue weighted by Gasteiger charge is 2.45. The van der Waals surface area contributed by atoms with Crippen LogP contribution >= 0.6 is 34.5 Å². The molecule has 0 radical (unpaired) electrons. The van der Waals surface area contributed by atoms with Crippen molar-refractivity contribution >= 4 is 51.7 Å². The third kappa shape index (κ3) is 2.38. The van der Waals surface area contributed by atoms with Gasteiger partial charge in [-0.25, -0.2) is 4.79 Å². The maximum atomic E-state index is 12.2. The Kier molecular flexibility index (Phi) is 3.58. The summed E-state index contributed by atoms with van der Waals surface area (Å²) in [6, 6.07) is 8.61. The Hall–Kier alpha value is -1.33. The summed E-state index contributed by atoms with van der Waals surface area (Å²) in [6.07, 6.45) is 0. The van der Waals surface area contributed by atoms with Crippen LogP contribution in [0.4, 0.5) is 0 Å². The number of hydrogen-bond donors (Lipinski definition) is 1. The fraction of sp³-hybridized carbons (Fsp3) is 0.133. The van der Waals surface area contributed by atoms with E-state index in [1.807, 2.05) is 11.4 Å². The van der Waals surface area contributed by atoms with Crippen LogP contribution in [0.2, 0.25) is 10.0 Å². The predicted molar refractivity (Wildman–Crippen MR) is 84.3 cm³/mol. The minimum atomic E-state index is -1.71. The number of esters is 1. The first kappa shape index (κ1) is 14.6. The summed E-state index contributed by atoms with van der Waals surface area (Å²) in [7, 11) is 0. The lowest BCUT2D eigenvalue weighted by Gasteiger charge is -2.18. The van der Waals surface area contributed by atoms with Gasteiger partial charge in [-0.15, -0.1) is 11.3 Å². The molecule has 108 valence electrons. The second-order valence-corrected chi connectivity index (χ2v) is 6.46. The number of rotatable bonds is 2. The first-order valence-electron chi connectivity index (χ1n) is 6.10. The Labute approximate surface area is 135 Å². The molecular formula is C15H10Cl2O3S. The quantitative estimate of drug-likeness (QED) is 0.832. The van der Waals surface area contributed by atoms with Crippen molar-refractivity contribution in [1.82, 2.24) is 0 Å². The van der Waals surface area contributed by atoms with Gasteiger partial charge in [0.2, 0.25) is 5.79 Å². The first-order chi connectivity index (χ1) is 9.92. The summed E-state index contributed by atoms with van der Waals surface area (Å²) in [5.41, 5.74) is 0.975. The summed E-state index contributed by atoms with van der Waals surface area (Å²) in [5, 5.41) is 13.0. The molecular weight excluding hydrogens is 331 g/mol. The molecule has 0 fully saturated rings. The molecule has 0 amide bonds. The summed E-state index contributed by atoms with van der Waals surface area (Å²) in [4.78, 5) is 13.0. The molecule has 3 nitrogen and oxygen atoms in total.